The maximum absolute atomic E-state index is 11.4. The smallest absolute Gasteiger partial charge is 0.238 e. The molecule has 1 rings (SSSR count). The van der Waals surface area contributed by atoms with Gasteiger partial charge in [0.1, 0.15) is 0 Å². The molecule has 0 atom stereocenters. The van der Waals surface area contributed by atoms with Gasteiger partial charge < -0.3 is 5.32 Å². The molecule has 0 saturated carbocycles. The van der Waals surface area contributed by atoms with Crippen LogP contribution in [0.25, 0.3) is 0 Å². The fourth-order valence-electron chi connectivity index (χ4n) is 1.12. The number of nitrogens with one attached hydrogen (secondary N) is 2. The maximum atomic E-state index is 11.4. The van der Waals surface area contributed by atoms with E-state index in [0.29, 0.717) is 6.54 Å². The Morgan fingerprint density at radius 1 is 1.56 bits per heavy atom. The second-order valence-corrected chi connectivity index (χ2v) is 4.48. The van der Waals surface area contributed by atoms with Gasteiger partial charge in [-0.15, -0.1) is 6.42 Å². The number of aryl methyl sites for hydroxylation is 1. The van der Waals surface area contributed by atoms with Crippen molar-refractivity contribution in [2.45, 2.75) is 6.92 Å². The number of benzene rings is 1. The highest BCUT2D eigenvalue weighted by Crippen LogP contribution is 2.16. The van der Waals surface area contributed by atoms with Crippen molar-refractivity contribution in [1.29, 1.82) is 0 Å². The van der Waals surface area contributed by atoms with E-state index in [2.05, 4.69) is 39.1 Å². The summed E-state index contributed by atoms with van der Waals surface area (Å²) in [6.45, 7) is 2.66. The SMILES string of the molecule is C#CCNCC(=O)Nc1ccc(C)c(I)c1. The van der Waals surface area contributed by atoms with E-state index in [-0.39, 0.29) is 12.5 Å². The van der Waals surface area contributed by atoms with Crippen molar-refractivity contribution in [1.82, 2.24) is 5.32 Å². The minimum Gasteiger partial charge on any atom is -0.325 e. The van der Waals surface area contributed by atoms with Crippen molar-refractivity contribution in [2.75, 3.05) is 18.4 Å². The Morgan fingerprint density at radius 2 is 2.31 bits per heavy atom. The summed E-state index contributed by atoms with van der Waals surface area (Å²) in [6.07, 6.45) is 5.06. The number of hydrogen-bond donors (Lipinski definition) is 2. The molecule has 0 unspecified atom stereocenters. The van der Waals surface area contributed by atoms with Crippen LogP contribution in [0.3, 0.4) is 0 Å². The Hall–Kier alpha value is -1.06. The minimum absolute atomic E-state index is 0.0881. The standard InChI is InChI=1S/C12H13IN2O/c1-3-6-14-8-12(16)15-10-5-4-9(2)11(13)7-10/h1,4-5,7,14H,6,8H2,2H3,(H,15,16). The molecule has 2 N–H and O–H groups in total. The molecule has 1 aromatic rings. The highest BCUT2D eigenvalue weighted by Gasteiger charge is 2.02. The molecular formula is C12H13IN2O. The number of carbonyl (C=O) groups is 1. The first-order chi connectivity index (χ1) is 7.63. The molecule has 0 spiro atoms. The number of rotatable bonds is 4. The van der Waals surface area contributed by atoms with Crippen LogP contribution in [0.5, 0.6) is 0 Å². The predicted octanol–water partition coefficient (Wildman–Crippen LogP) is 1.76. The lowest BCUT2D eigenvalue weighted by atomic mass is 10.2. The molecule has 0 saturated heterocycles. The van der Waals surface area contributed by atoms with Crippen molar-refractivity contribution in [3.63, 3.8) is 0 Å². The number of amides is 1. The van der Waals surface area contributed by atoms with Crippen LogP contribution in [0.4, 0.5) is 5.69 Å². The molecule has 1 amide bonds. The lowest BCUT2D eigenvalue weighted by Gasteiger charge is -2.06. The summed E-state index contributed by atoms with van der Waals surface area (Å²) in [5, 5.41) is 5.63. The molecule has 16 heavy (non-hydrogen) atoms. The Balaban J connectivity index is 2.50. The fraction of sp³-hybridized carbons (Fsp3) is 0.250. The summed E-state index contributed by atoms with van der Waals surface area (Å²) in [7, 11) is 0. The largest absolute Gasteiger partial charge is 0.325 e. The van der Waals surface area contributed by atoms with Gasteiger partial charge in [-0.3, -0.25) is 10.1 Å². The van der Waals surface area contributed by atoms with E-state index in [1.807, 2.05) is 25.1 Å². The van der Waals surface area contributed by atoms with Gasteiger partial charge in [-0.2, -0.15) is 0 Å². The predicted molar refractivity (Wildman–Crippen MR) is 74.2 cm³/mol. The van der Waals surface area contributed by atoms with E-state index >= 15 is 0 Å². The van der Waals surface area contributed by atoms with Crippen molar-refractivity contribution in [3.8, 4) is 12.3 Å². The van der Waals surface area contributed by atoms with Crippen LogP contribution in [0.15, 0.2) is 18.2 Å². The molecular weight excluding hydrogens is 315 g/mol. The number of halogens is 1. The molecule has 0 radical (unpaired) electrons. The molecule has 84 valence electrons. The molecule has 4 heteroatoms. The van der Waals surface area contributed by atoms with Crippen molar-refractivity contribution in [2.24, 2.45) is 0 Å². The highest BCUT2D eigenvalue weighted by molar-refractivity contribution is 14.1. The van der Waals surface area contributed by atoms with Crippen LogP contribution in [0.2, 0.25) is 0 Å². The summed E-state index contributed by atoms with van der Waals surface area (Å²) < 4.78 is 1.13. The van der Waals surface area contributed by atoms with Gasteiger partial charge in [0.15, 0.2) is 0 Å². The van der Waals surface area contributed by atoms with Gasteiger partial charge in [0, 0.05) is 9.26 Å². The second-order valence-electron chi connectivity index (χ2n) is 3.32. The van der Waals surface area contributed by atoms with Gasteiger partial charge in [-0.1, -0.05) is 12.0 Å². The lowest BCUT2D eigenvalue weighted by molar-refractivity contribution is -0.115. The Bertz CT molecular complexity index is 424. The van der Waals surface area contributed by atoms with E-state index in [0.717, 1.165) is 9.26 Å². The third-order valence-corrected chi connectivity index (χ3v) is 3.13. The van der Waals surface area contributed by atoms with Gasteiger partial charge in [0.25, 0.3) is 0 Å². The minimum atomic E-state index is -0.0881. The molecule has 3 nitrogen and oxygen atoms in total. The molecule has 1 aromatic carbocycles. The second kappa shape index (κ2) is 6.51. The van der Waals surface area contributed by atoms with Crippen LogP contribution in [-0.2, 0) is 4.79 Å². The van der Waals surface area contributed by atoms with Crippen LogP contribution in [-0.4, -0.2) is 19.0 Å². The van der Waals surface area contributed by atoms with Gasteiger partial charge in [-0.05, 0) is 47.2 Å². The molecule has 0 heterocycles. The number of carbonyl (C=O) groups excluding carboxylic acids is 1. The van der Waals surface area contributed by atoms with Gasteiger partial charge in [0.2, 0.25) is 5.91 Å². The van der Waals surface area contributed by atoms with Gasteiger partial charge in [-0.25, -0.2) is 0 Å². The fourth-order valence-corrected chi connectivity index (χ4v) is 1.64. The quantitative estimate of drug-likeness (QED) is 0.502. The third-order valence-electron chi connectivity index (χ3n) is 1.97. The van der Waals surface area contributed by atoms with E-state index in [1.54, 1.807) is 0 Å². The third kappa shape index (κ3) is 4.21. The number of anilines is 1. The van der Waals surface area contributed by atoms with Gasteiger partial charge >= 0.3 is 0 Å². The van der Waals surface area contributed by atoms with E-state index in [4.69, 9.17) is 6.42 Å². The highest BCUT2D eigenvalue weighted by atomic mass is 127. The number of hydrogen-bond acceptors (Lipinski definition) is 2. The van der Waals surface area contributed by atoms with Crippen LogP contribution >= 0.6 is 22.6 Å². The summed E-state index contributed by atoms with van der Waals surface area (Å²) in [5.74, 6) is 2.32. The lowest BCUT2D eigenvalue weighted by Crippen LogP contribution is -2.28. The Kier molecular flexibility index (Phi) is 5.29. The summed E-state index contributed by atoms with van der Waals surface area (Å²) in [5.41, 5.74) is 2.01. The van der Waals surface area contributed by atoms with Crippen LogP contribution < -0.4 is 10.6 Å². The zero-order valence-electron chi connectivity index (χ0n) is 9.01. The van der Waals surface area contributed by atoms with E-state index in [9.17, 15) is 4.79 Å². The molecule has 0 aliphatic heterocycles. The average Bonchev–Trinajstić information content (AvgIpc) is 2.24. The van der Waals surface area contributed by atoms with Crippen LogP contribution in [0.1, 0.15) is 5.56 Å². The first-order valence-corrected chi connectivity index (χ1v) is 5.91. The number of terminal acetylenes is 1. The summed E-state index contributed by atoms with van der Waals surface area (Å²) >= 11 is 2.24. The monoisotopic (exact) mass is 328 g/mol. The normalized spacial score (nSPS) is 9.56. The molecule has 0 aromatic heterocycles. The Morgan fingerprint density at radius 3 is 2.94 bits per heavy atom. The van der Waals surface area contributed by atoms with Crippen LogP contribution in [0, 0.1) is 22.8 Å². The van der Waals surface area contributed by atoms with E-state index < -0.39 is 0 Å². The Labute approximate surface area is 109 Å². The average molecular weight is 328 g/mol. The topological polar surface area (TPSA) is 41.1 Å². The maximum Gasteiger partial charge on any atom is 0.238 e. The molecule has 0 aliphatic rings. The van der Waals surface area contributed by atoms with Gasteiger partial charge in [0.05, 0.1) is 13.1 Å². The first-order valence-electron chi connectivity index (χ1n) is 4.83. The van der Waals surface area contributed by atoms with Crippen molar-refractivity contribution >= 4 is 34.2 Å². The summed E-state index contributed by atoms with van der Waals surface area (Å²) in [6, 6.07) is 5.80. The van der Waals surface area contributed by atoms with Crippen molar-refractivity contribution < 1.29 is 4.79 Å². The molecule has 0 fully saturated rings. The zero-order chi connectivity index (χ0) is 12.0. The molecule has 0 aliphatic carbocycles. The molecule has 0 bridgehead atoms. The van der Waals surface area contributed by atoms with Crippen molar-refractivity contribution in [3.05, 3.63) is 27.3 Å². The first kappa shape index (κ1) is 13.0. The zero-order valence-corrected chi connectivity index (χ0v) is 11.2. The van der Waals surface area contributed by atoms with E-state index in [1.165, 1.54) is 5.56 Å². The summed E-state index contributed by atoms with van der Waals surface area (Å²) in [4.78, 5) is 11.4.